The molecule has 2 amide bonds. The first-order valence-corrected chi connectivity index (χ1v) is 11.5. The molecule has 0 spiro atoms. The molecule has 4 aromatic rings. The van der Waals surface area contributed by atoms with E-state index in [-0.39, 0.29) is 24.1 Å². The first-order valence-electron chi connectivity index (χ1n) is 10.5. The fourth-order valence-corrected chi connectivity index (χ4v) is 4.46. The van der Waals surface area contributed by atoms with E-state index in [0.29, 0.717) is 22.2 Å². The van der Waals surface area contributed by atoms with Gasteiger partial charge in [-0.1, -0.05) is 17.8 Å². The molecule has 0 saturated carbocycles. The normalized spacial score (nSPS) is 10.9. The van der Waals surface area contributed by atoms with E-state index in [4.69, 9.17) is 9.47 Å². The van der Waals surface area contributed by atoms with Crippen LogP contribution in [0.25, 0.3) is 16.6 Å². The third kappa shape index (κ3) is 4.91. The van der Waals surface area contributed by atoms with Gasteiger partial charge in [-0.3, -0.25) is 14.0 Å². The SMILES string of the molecule is COc1cccc(NC(=O)CN(C)C(=O)CSc2nnc3cc(C)c4ccc(OC)cc4n23)c1. The highest BCUT2D eigenvalue weighted by Gasteiger charge is 2.17. The van der Waals surface area contributed by atoms with Gasteiger partial charge in [-0.25, -0.2) is 0 Å². The Morgan fingerprint density at radius 2 is 1.82 bits per heavy atom. The van der Waals surface area contributed by atoms with Crippen molar-refractivity contribution in [2.45, 2.75) is 12.1 Å². The lowest BCUT2D eigenvalue weighted by atomic mass is 10.1. The van der Waals surface area contributed by atoms with Crippen LogP contribution in [0.3, 0.4) is 0 Å². The molecule has 2 heterocycles. The van der Waals surface area contributed by atoms with Crippen LogP contribution in [0.5, 0.6) is 11.5 Å². The van der Waals surface area contributed by atoms with Gasteiger partial charge in [0.05, 0.1) is 32.0 Å². The number of pyridine rings is 1. The van der Waals surface area contributed by atoms with Crippen LogP contribution >= 0.6 is 11.8 Å². The summed E-state index contributed by atoms with van der Waals surface area (Å²) in [5.74, 6) is 0.983. The number of nitrogens with one attached hydrogen (secondary N) is 1. The standard InChI is InChI=1S/C24H25N5O4S/c1-15-10-21-26-27-24(29(21)20-12-18(33-4)8-9-19(15)20)34-14-23(31)28(2)13-22(30)25-16-6-5-7-17(11-16)32-3/h5-12H,13-14H2,1-4H3,(H,25,30). The molecule has 10 heteroatoms. The van der Waals surface area contributed by atoms with Gasteiger partial charge in [-0.15, -0.1) is 10.2 Å². The summed E-state index contributed by atoms with van der Waals surface area (Å²) in [6, 6.07) is 14.8. The largest absolute Gasteiger partial charge is 0.497 e. The number of carbonyl (C=O) groups is 2. The van der Waals surface area contributed by atoms with Crippen molar-refractivity contribution in [1.29, 1.82) is 0 Å². The lowest BCUT2D eigenvalue weighted by molar-refractivity contribution is -0.131. The zero-order chi connectivity index (χ0) is 24.2. The molecule has 0 atom stereocenters. The number of amides is 2. The van der Waals surface area contributed by atoms with Crippen molar-refractivity contribution in [3.05, 3.63) is 54.1 Å². The first kappa shape index (κ1) is 23.4. The van der Waals surface area contributed by atoms with E-state index < -0.39 is 0 Å². The van der Waals surface area contributed by atoms with E-state index in [1.807, 2.05) is 35.6 Å². The van der Waals surface area contributed by atoms with Crippen molar-refractivity contribution in [3.63, 3.8) is 0 Å². The number of rotatable bonds is 8. The number of likely N-dealkylation sites (N-methyl/N-ethyl adjacent to an activating group) is 1. The predicted octanol–water partition coefficient (Wildman–Crippen LogP) is 3.40. The molecule has 0 saturated heterocycles. The fraction of sp³-hybridized carbons (Fsp3) is 0.250. The molecule has 0 bridgehead atoms. The Hall–Kier alpha value is -3.79. The molecule has 1 N–H and O–H groups in total. The second kappa shape index (κ2) is 10.0. The van der Waals surface area contributed by atoms with E-state index >= 15 is 0 Å². The Morgan fingerprint density at radius 1 is 1.06 bits per heavy atom. The van der Waals surface area contributed by atoms with E-state index in [1.54, 1.807) is 45.5 Å². The van der Waals surface area contributed by atoms with Crippen molar-refractivity contribution in [3.8, 4) is 11.5 Å². The first-order chi connectivity index (χ1) is 16.4. The molecule has 9 nitrogen and oxygen atoms in total. The molecular weight excluding hydrogens is 454 g/mol. The number of hydrogen-bond acceptors (Lipinski definition) is 7. The Balaban J connectivity index is 1.44. The Kier molecular flexibility index (Phi) is 6.87. The Bertz CT molecular complexity index is 1370. The highest BCUT2D eigenvalue weighted by atomic mass is 32.2. The summed E-state index contributed by atoms with van der Waals surface area (Å²) in [5.41, 5.74) is 3.28. The van der Waals surface area contributed by atoms with Crippen LogP contribution in [0.1, 0.15) is 5.56 Å². The second-order valence-electron chi connectivity index (χ2n) is 7.71. The predicted molar refractivity (Wildman–Crippen MR) is 132 cm³/mol. The summed E-state index contributed by atoms with van der Waals surface area (Å²) in [6.45, 7) is 1.95. The number of carbonyl (C=O) groups excluding carboxylic acids is 2. The average molecular weight is 480 g/mol. The third-order valence-electron chi connectivity index (χ3n) is 5.36. The molecule has 4 rings (SSSR count). The lowest BCUT2D eigenvalue weighted by Crippen LogP contribution is -2.36. The molecule has 34 heavy (non-hydrogen) atoms. The quantitative estimate of drug-likeness (QED) is 0.387. The van der Waals surface area contributed by atoms with Gasteiger partial charge in [0.15, 0.2) is 10.8 Å². The number of fused-ring (bicyclic) bond motifs is 3. The minimum absolute atomic E-state index is 0.0729. The van der Waals surface area contributed by atoms with Gasteiger partial charge in [-0.2, -0.15) is 0 Å². The van der Waals surface area contributed by atoms with Gasteiger partial charge in [0.2, 0.25) is 11.8 Å². The Morgan fingerprint density at radius 3 is 2.59 bits per heavy atom. The second-order valence-corrected chi connectivity index (χ2v) is 8.65. The van der Waals surface area contributed by atoms with E-state index in [9.17, 15) is 9.59 Å². The molecule has 0 radical (unpaired) electrons. The summed E-state index contributed by atoms with van der Waals surface area (Å²) in [4.78, 5) is 26.5. The summed E-state index contributed by atoms with van der Waals surface area (Å²) < 4.78 is 12.5. The van der Waals surface area contributed by atoms with Crippen molar-refractivity contribution in [2.24, 2.45) is 0 Å². The number of methoxy groups -OCH3 is 2. The molecule has 0 unspecified atom stereocenters. The summed E-state index contributed by atoms with van der Waals surface area (Å²) in [6.07, 6.45) is 0. The number of benzene rings is 2. The molecule has 0 aliphatic heterocycles. The zero-order valence-corrected chi connectivity index (χ0v) is 20.2. The molecule has 0 fully saturated rings. The number of aromatic nitrogens is 3. The fourth-order valence-electron chi connectivity index (χ4n) is 3.56. The van der Waals surface area contributed by atoms with Crippen molar-refractivity contribution in [1.82, 2.24) is 19.5 Å². The Labute approximate surface area is 201 Å². The van der Waals surface area contributed by atoms with Crippen molar-refractivity contribution < 1.29 is 19.1 Å². The van der Waals surface area contributed by atoms with Crippen LogP contribution in [0.4, 0.5) is 5.69 Å². The number of thioether (sulfide) groups is 1. The van der Waals surface area contributed by atoms with Gasteiger partial charge in [0, 0.05) is 30.3 Å². The van der Waals surface area contributed by atoms with Crippen LogP contribution < -0.4 is 14.8 Å². The maximum Gasteiger partial charge on any atom is 0.243 e. The van der Waals surface area contributed by atoms with Crippen molar-refractivity contribution in [2.75, 3.05) is 38.9 Å². The van der Waals surface area contributed by atoms with Crippen molar-refractivity contribution >= 4 is 45.8 Å². The smallest absolute Gasteiger partial charge is 0.243 e. The minimum atomic E-state index is -0.296. The maximum atomic E-state index is 12.7. The third-order valence-corrected chi connectivity index (χ3v) is 6.27. The van der Waals surface area contributed by atoms with Crippen LogP contribution in [-0.4, -0.2) is 64.9 Å². The van der Waals surface area contributed by atoms with Crippen LogP contribution in [0.2, 0.25) is 0 Å². The maximum absolute atomic E-state index is 12.7. The van der Waals surface area contributed by atoms with Crippen LogP contribution in [-0.2, 0) is 9.59 Å². The molecule has 176 valence electrons. The monoisotopic (exact) mass is 479 g/mol. The van der Waals surface area contributed by atoms with E-state index in [0.717, 1.165) is 22.2 Å². The highest BCUT2D eigenvalue weighted by Crippen LogP contribution is 2.28. The highest BCUT2D eigenvalue weighted by molar-refractivity contribution is 7.99. The van der Waals surface area contributed by atoms with Crippen LogP contribution in [0, 0.1) is 6.92 Å². The number of anilines is 1. The molecule has 2 aromatic heterocycles. The van der Waals surface area contributed by atoms with Gasteiger partial charge in [0.1, 0.15) is 11.5 Å². The summed E-state index contributed by atoms with van der Waals surface area (Å²) in [5, 5.41) is 13.0. The van der Waals surface area contributed by atoms with E-state index in [1.165, 1.54) is 16.7 Å². The van der Waals surface area contributed by atoms with Gasteiger partial charge < -0.3 is 19.7 Å². The molecule has 0 aliphatic carbocycles. The minimum Gasteiger partial charge on any atom is -0.497 e. The number of nitrogens with zero attached hydrogens (tertiary/aromatic N) is 4. The number of hydrogen-bond donors (Lipinski definition) is 1. The van der Waals surface area contributed by atoms with E-state index in [2.05, 4.69) is 15.5 Å². The zero-order valence-electron chi connectivity index (χ0n) is 19.4. The van der Waals surface area contributed by atoms with Crippen LogP contribution in [0.15, 0.2) is 53.7 Å². The molecule has 0 aliphatic rings. The topological polar surface area (TPSA) is 98.1 Å². The number of aryl methyl sites for hydroxylation is 1. The molecule has 2 aromatic carbocycles. The van der Waals surface area contributed by atoms with Gasteiger partial charge >= 0.3 is 0 Å². The average Bonchev–Trinajstić information content (AvgIpc) is 3.24. The number of ether oxygens (including phenoxy) is 2. The van der Waals surface area contributed by atoms with Gasteiger partial charge in [0.25, 0.3) is 0 Å². The summed E-state index contributed by atoms with van der Waals surface area (Å²) >= 11 is 1.27. The summed E-state index contributed by atoms with van der Waals surface area (Å²) in [7, 11) is 4.78. The molecular formula is C24H25N5O4S. The van der Waals surface area contributed by atoms with Gasteiger partial charge in [-0.05, 0) is 42.8 Å². The lowest BCUT2D eigenvalue weighted by Gasteiger charge is -2.16.